The van der Waals surface area contributed by atoms with E-state index in [4.69, 9.17) is 4.42 Å². The van der Waals surface area contributed by atoms with Crippen molar-refractivity contribution in [2.75, 3.05) is 5.32 Å². The van der Waals surface area contributed by atoms with Gasteiger partial charge in [-0.1, -0.05) is 12.1 Å². The van der Waals surface area contributed by atoms with Crippen LogP contribution >= 0.6 is 0 Å². The highest BCUT2D eigenvalue weighted by Gasteiger charge is 2.18. The first-order chi connectivity index (χ1) is 14.4. The van der Waals surface area contributed by atoms with Crippen LogP contribution in [0, 0.1) is 26.6 Å². The molecule has 1 amide bonds. The monoisotopic (exact) mass is 404 g/mol. The summed E-state index contributed by atoms with van der Waals surface area (Å²) < 4.78 is 20.8. The molecule has 2 aromatic carbocycles. The predicted octanol–water partition coefficient (Wildman–Crippen LogP) is 4.91. The summed E-state index contributed by atoms with van der Waals surface area (Å²) in [6.07, 6.45) is 0. The van der Waals surface area contributed by atoms with E-state index in [1.54, 1.807) is 12.1 Å². The van der Waals surface area contributed by atoms with Gasteiger partial charge in [0.1, 0.15) is 12.4 Å². The van der Waals surface area contributed by atoms with Gasteiger partial charge < -0.3 is 14.3 Å². The summed E-state index contributed by atoms with van der Waals surface area (Å²) in [5, 5.41) is 11.1. The summed E-state index contributed by atoms with van der Waals surface area (Å²) in [5.74, 6) is 0.220. The second-order valence-electron chi connectivity index (χ2n) is 7.21. The van der Waals surface area contributed by atoms with Crippen molar-refractivity contribution in [1.29, 1.82) is 0 Å². The van der Waals surface area contributed by atoms with Gasteiger partial charge in [-0.15, -0.1) is 10.2 Å². The van der Waals surface area contributed by atoms with Gasteiger partial charge in [0.25, 0.3) is 0 Å². The molecular formula is C23H21FN4O2. The average molecular weight is 404 g/mol. The zero-order valence-electron chi connectivity index (χ0n) is 16.9. The minimum Gasteiger partial charge on any atom is -0.416 e. The summed E-state index contributed by atoms with van der Waals surface area (Å²) in [5.41, 5.74) is 5.00. The Balaban J connectivity index is 1.55. The van der Waals surface area contributed by atoms with Gasteiger partial charge in [0, 0.05) is 22.6 Å². The summed E-state index contributed by atoms with van der Waals surface area (Å²) in [7, 11) is 0. The van der Waals surface area contributed by atoms with Crippen molar-refractivity contribution in [2.45, 2.75) is 27.3 Å². The van der Waals surface area contributed by atoms with E-state index in [0.29, 0.717) is 17.3 Å². The van der Waals surface area contributed by atoms with Crippen molar-refractivity contribution in [2.24, 2.45) is 0 Å². The van der Waals surface area contributed by atoms with Gasteiger partial charge in [0.05, 0.1) is 5.56 Å². The minimum absolute atomic E-state index is 0.119. The van der Waals surface area contributed by atoms with Crippen LogP contribution in [-0.4, -0.2) is 20.7 Å². The third-order valence-electron chi connectivity index (χ3n) is 4.92. The van der Waals surface area contributed by atoms with E-state index in [-0.39, 0.29) is 18.3 Å². The molecule has 0 unspecified atom stereocenters. The number of nitrogens with one attached hydrogen (secondary N) is 1. The zero-order chi connectivity index (χ0) is 21.3. The van der Waals surface area contributed by atoms with E-state index in [9.17, 15) is 9.18 Å². The normalized spacial score (nSPS) is 10.9. The number of amides is 1. The van der Waals surface area contributed by atoms with E-state index in [0.717, 1.165) is 28.2 Å². The van der Waals surface area contributed by atoms with E-state index in [2.05, 4.69) is 15.5 Å². The Bertz CT molecular complexity index is 1210. The summed E-state index contributed by atoms with van der Waals surface area (Å²) >= 11 is 0. The highest BCUT2D eigenvalue weighted by atomic mass is 19.1. The molecule has 0 aliphatic rings. The number of rotatable bonds is 5. The van der Waals surface area contributed by atoms with Gasteiger partial charge in [0.15, 0.2) is 0 Å². The fourth-order valence-electron chi connectivity index (χ4n) is 3.37. The number of benzene rings is 2. The number of nitrogens with zero attached hydrogens (tertiary/aromatic N) is 3. The SMILES string of the molecule is Cc1cccc(NC(=O)Cn2c(C)cc(-c3nnc(-c4ccc(F)cc4)o3)c2C)c1. The maximum absolute atomic E-state index is 13.1. The standard InChI is InChI=1S/C23H21FN4O2/c1-14-5-4-6-19(11-14)25-21(29)13-28-15(2)12-20(16(28)3)23-27-26-22(30-23)17-7-9-18(24)10-8-17/h4-12H,13H2,1-3H3,(H,25,29). The molecule has 0 aliphatic heterocycles. The Kier molecular flexibility index (Phi) is 5.18. The highest BCUT2D eigenvalue weighted by molar-refractivity contribution is 5.90. The second kappa shape index (κ2) is 7.94. The van der Waals surface area contributed by atoms with E-state index in [1.165, 1.54) is 12.1 Å². The fraction of sp³-hybridized carbons (Fsp3) is 0.174. The fourth-order valence-corrected chi connectivity index (χ4v) is 3.37. The Morgan fingerprint density at radius 1 is 1.03 bits per heavy atom. The number of carbonyl (C=O) groups excluding carboxylic acids is 1. The van der Waals surface area contributed by atoms with Gasteiger partial charge in [-0.3, -0.25) is 4.79 Å². The van der Waals surface area contributed by atoms with Gasteiger partial charge in [-0.2, -0.15) is 0 Å². The minimum atomic E-state index is -0.328. The van der Waals surface area contributed by atoms with Crippen LogP contribution in [0.15, 0.2) is 59.0 Å². The molecule has 1 N–H and O–H groups in total. The summed E-state index contributed by atoms with van der Waals surface area (Å²) in [4.78, 5) is 12.5. The molecule has 0 saturated carbocycles. The van der Waals surface area contributed by atoms with Crippen LogP contribution in [0.1, 0.15) is 17.0 Å². The zero-order valence-corrected chi connectivity index (χ0v) is 16.9. The lowest BCUT2D eigenvalue weighted by Gasteiger charge is -2.10. The Morgan fingerprint density at radius 3 is 2.50 bits per heavy atom. The molecule has 152 valence electrons. The Hall–Kier alpha value is -3.74. The maximum atomic E-state index is 13.1. The van der Waals surface area contributed by atoms with Gasteiger partial charge in [-0.05, 0) is 68.8 Å². The van der Waals surface area contributed by atoms with Gasteiger partial charge in [0.2, 0.25) is 17.7 Å². The Morgan fingerprint density at radius 2 is 1.77 bits per heavy atom. The molecule has 2 heterocycles. The molecule has 7 heteroatoms. The number of anilines is 1. The maximum Gasteiger partial charge on any atom is 0.249 e. The predicted molar refractivity (Wildman–Crippen MR) is 112 cm³/mol. The third kappa shape index (κ3) is 4.00. The lowest BCUT2D eigenvalue weighted by molar-refractivity contribution is -0.116. The van der Waals surface area contributed by atoms with Gasteiger partial charge >= 0.3 is 0 Å². The molecule has 30 heavy (non-hydrogen) atoms. The smallest absolute Gasteiger partial charge is 0.249 e. The summed E-state index contributed by atoms with van der Waals surface area (Å²) in [6, 6.07) is 15.5. The molecule has 0 fully saturated rings. The highest BCUT2D eigenvalue weighted by Crippen LogP contribution is 2.29. The van der Waals surface area contributed by atoms with Crippen molar-refractivity contribution in [3.63, 3.8) is 0 Å². The molecule has 4 rings (SSSR count). The molecule has 0 spiro atoms. The van der Waals surface area contributed by atoms with Crippen molar-refractivity contribution in [3.8, 4) is 22.9 Å². The lowest BCUT2D eigenvalue weighted by Crippen LogP contribution is -2.20. The topological polar surface area (TPSA) is 73.0 Å². The number of halogens is 1. The van der Waals surface area contributed by atoms with Crippen LogP contribution in [-0.2, 0) is 11.3 Å². The summed E-state index contributed by atoms with van der Waals surface area (Å²) in [6.45, 7) is 5.98. The number of hydrogen-bond acceptors (Lipinski definition) is 4. The van der Waals surface area contributed by atoms with Crippen LogP contribution in [0.5, 0.6) is 0 Å². The third-order valence-corrected chi connectivity index (χ3v) is 4.92. The molecular weight excluding hydrogens is 383 g/mol. The van der Waals surface area contributed by atoms with Crippen molar-refractivity contribution < 1.29 is 13.6 Å². The quantitative estimate of drug-likeness (QED) is 0.513. The number of hydrogen-bond donors (Lipinski definition) is 1. The second-order valence-corrected chi connectivity index (χ2v) is 7.21. The van der Waals surface area contributed by atoms with Crippen molar-refractivity contribution in [1.82, 2.24) is 14.8 Å². The van der Waals surface area contributed by atoms with E-state index < -0.39 is 0 Å². The number of aromatic nitrogens is 3. The molecule has 0 bridgehead atoms. The first-order valence-electron chi connectivity index (χ1n) is 9.54. The molecule has 0 aliphatic carbocycles. The van der Waals surface area contributed by atoms with Crippen LogP contribution in [0.4, 0.5) is 10.1 Å². The molecule has 0 radical (unpaired) electrons. The Labute approximate surface area is 173 Å². The first-order valence-corrected chi connectivity index (χ1v) is 9.54. The number of aryl methyl sites for hydroxylation is 2. The molecule has 2 aromatic heterocycles. The van der Waals surface area contributed by atoms with Crippen LogP contribution in [0.2, 0.25) is 0 Å². The van der Waals surface area contributed by atoms with Crippen molar-refractivity contribution >= 4 is 11.6 Å². The lowest BCUT2D eigenvalue weighted by atomic mass is 10.2. The number of carbonyl (C=O) groups is 1. The molecule has 4 aromatic rings. The first kappa shape index (κ1) is 19.6. The van der Waals surface area contributed by atoms with E-state index >= 15 is 0 Å². The van der Waals surface area contributed by atoms with E-state index in [1.807, 2.05) is 55.7 Å². The average Bonchev–Trinajstić information content (AvgIpc) is 3.29. The van der Waals surface area contributed by atoms with Crippen LogP contribution < -0.4 is 5.32 Å². The van der Waals surface area contributed by atoms with Crippen molar-refractivity contribution in [3.05, 3.63) is 77.4 Å². The van der Waals surface area contributed by atoms with Gasteiger partial charge in [-0.25, -0.2) is 4.39 Å². The molecule has 0 atom stereocenters. The molecule has 0 saturated heterocycles. The molecule has 6 nitrogen and oxygen atoms in total. The van der Waals surface area contributed by atoms with Crippen LogP contribution in [0.3, 0.4) is 0 Å². The largest absolute Gasteiger partial charge is 0.416 e. The van der Waals surface area contributed by atoms with Crippen LogP contribution in [0.25, 0.3) is 22.9 Å².